The lowest BCUT2D eigenvalue weighted by Crippen LogP contribution is -2.46. The van der Waals surface area contributed by atoms with E-state index < -0.39 is 0 Å². The van der Waals surface area contributed by atoms with Crippen LogP contribution in [0.1, 0.15) is 6.92 Å². The third kappa shape index (κ3) is 3.18. The number of alkyl halides is 1. The minimum atomic E-state index is -0.301. The number of likely N-dealkylation sites (N-methyl/N-ethyl adjacent to an activating group) is 1. The Hall–Kier alpha value is 0.400. The summed E-state index contributed by atoms with van der Waals surface area (Å²) in [6.45, 7) is 1.78. The van der Waals surface area contributed by atoms with Gasteiger partial charge in [-0.1, -0.05) is 0 Å². The molecule has 0 saturated carbocycles. The van der Waals surface area contributed by atoms with Crippen molar-refractivity contribution in [1.82, 2.24) is 0 Å². The van der Waals surface area contributed by atoms with Gasteiger partial charge in [-0.15, -0.1) is 0 Å². The SMILES string of the molecule is CC(O)C(Br)[N+](C)(C)C. The first-order valence-corrected chi connectivity index (χ1v) is 3.90. The predicted octanol–water partition coefficient (Wildman–Crippen LogP) is 0.794. The number of halogens is 1. The Bertz CT molecular complexity index is 87.5. The van der Waals surface area contributed by atoms with E-state index >= 15 is 0 Å². The highest BCUT2D eigenvalue weighted by molar-refractivity contribution is 9.09. The fourth-order valence-corrected chi connectivity index (χ4v) is 0.647. The van der Waals surface area contributed by atoms with Gasteiger partial charge in [0, 0.05) is 0 Å². The minimum Gasteiger partial charge on any atom is -0.386 e. The number of aliphatic hydroxyl groups is 1. The molecule has 0 aliphatic rings. The molecule has 0 aliphatic heterocycles. The van der Waals surface area contributed by atoms with E-state index in [4.69, 9.17) is 5.11 Å². The first-order valence-electron chi connectivity index (χ1n) is 2.99. The van der Waals surface area contributed by atoms with Gasteiger partial charge in [-0.3, -0.25) is 0 Å². The lowest BCUT2D eigenvalue weighted by molar-refractivity contribution is -0.882. The van der Waals surface area contributed by atoms with Crippen LogP contribution in [-0.4, -0.2) is 41.8 Å². The third-order valence-electron chi connectivity index (χ3n) is 1.14. The van der Waals surface area contributed by atoms with Crippen LogP contribution in [0.2, 0.25) is 0 Å². The van der Waals surface area contributed by atoms with E-state index in [1.165, 1.54) is 0 Å². The van der Waals surface area contributed by atoms with Gasteiger partial charge in [0.05, 0.1) is 21.1 Å². The second kappa shape index (κ2) is 2.99. The molecule has 2 nitrogen and oxygen atoms in total. The quantitative estimate of drug-likeness (QED) is 0.394. The maximum absolute atomic E-state index is 9.09. The normalized spacial score (nSPS) is 19.3. The Kier molecular flexibility index (Phi) is 3.12. The Balaban J connectivity index is 3.88. The van der Waals surface area contributed by atoms with Crippen LogP contribution in [0, 0.1) is 0 Å². The Labute approximate surface area is 65.2 Å². The van der Waals surface area contributed by atoms with Gasteiger partial charge < -0.3 is 9.59 Å². The smallest absolute Gasteiger partial charge is 0.169 e. The van der Waals surface area contributed by atoms with Gasteiger partial charge in [0.2, 0.25) is 0 Å². The largest absolute Gasteiger partial charge is 0.386 e. The van der Waals surface area contributed by atoms with Crippen molar-refractivity contribution in [3.63, 3.8) is 0 Å². The van der Waals surface area contributed by atoms with Crippen LogP contribution in [0.5, 0.6) is 0 Å². The molecule has 0 amide bonds. The number of hydrogen-bond acceptors (Lipinski definition) is 1. The van der Waals surface area contributed by atoms with Crippen LogP contribution in [0.15, 0.2) is 0 Å². The molecular formula is C6H15BrNO+. The van der Waals surface area contributed by atoms with Gasteiger partial charge in [-0.2, -0.15) is 0 Å². The first kappa shape index (κ1) is 9.40. The predicted molar refractivity (Wildman–Crippen MR) is 42.4 cm³/mol. The van der Waals surface area contributed by atoms with E-state index in [9.17, 15) is 0 Å². The number of hydrogen-bond donors (Lipinski definition) is 1. The van der Waals surface area contributed by atoms with Gasteiger partial charge in [-0.05, 0) is 22.9 Å². The van der Waals surface area contributed by atoms with Crippen LogP contribution in [-0.2, 0) is 0 Å². The van der Waals surface area contributed by atoms with Crippen molar-refractivity contribution >= 4 is 15.9 Å². The van der Waals surface area contributed by atoms with Gasteiger partial charge in [0.1, 0.15) is 6.10 Å². The number of rotatable bonds is 2. The Morgan fingerprint density at radius 1 is 1.33 bits per heavy atom. The topological polar surface area (TPSA) is 20.2 Å². The fourth-order valence-electron chi connectivity index (χ4n) is 0.647. The molecule has 0 rings (SSSR count). The zero-order chi connectivity index (χ0) is 7.65. The second-order valence-corrected chi connectivity index (χ2v) is 4.17. The standard InChI is InChI=1S/C6H15BrNO/c1-5(9)6(7)8(2,3)4/h5-6,9H,1-4H3/q+1. The minimum absolute atomic E-state index is 0.123. The van der Waals surface area contributed by atoms with Crippen molar-refractivity contribution in [2.75, 3.05) is 21.1 Å². The molecule has 0 aromatic heterocycles. The third-order valence-corrected chi connectivity index (χ3v) is 3.13. The van der Waals surface area contributed by atoms with Gasteiger partial charge in [-0.25, -0.2) is 0 Å². The average Bonchev–Trinajstić information content (AvgIpc) is 1.62. The number of quaternary nitrogens is 1. The van der Waals surface area contributed by atoms with E-state index in [1.54, 1.807) is 6.92 Å². The molecule has 0 aromatic carbocycles. The highest BCUT2D eigenvalue weighted by atomic mass is 79.9. The molecule has 0 fully saturated rings. The molecule has 2 unspecified atom stereocenters. The molecule has 0 aliphatic carbocycles. The van der Waals surface area contributed by atoms with Crippen molar-refractivity contribution in [3.8, 4) is 0 Å². The van der Waals surface area contributed by atoms with Crippen LogP contribution < -0.4 is 0 Å². The molecule has 0 bridgehead atoms. The van der Waals surface area contributed by atoms with Crippen molar-refractivity contribution in [2.24, 2.45) is 0 Å². The average molecular weight is 197 g/mol. The highest BCUT2D eigenvalue weighted by Gasteiger charge is 2.24. The summed E-state index contributed by atoms with van der Waals surface area (Å²) in [5, 5.41) is 9.09. The zero-order valence-corrected chi connectivity index (χ0v) is 8.01. The highest BCUT2D eigenvalue weighted by Crippen LogP contribution is 2.13. The van der Waals surface area contributed by atoms with Crippen LogP contribution >= 0.6 is 15.9 Å². The molecule has 2 atom stereocenters. The molecule has 0 saturated heterocycles. The van der Waals surface area contributed by atoms with Crippen molar-refractivity contribution < 1.29 is 9.59 Å². The van der Waals surface area contributed by atoms with Gasteiger partial charge >= 0.3 is 0 Å². The molecule has 0 aromatic rings. The number of aliphatic hydroxyl groups excluding tert-OH is 1. The van der Waals surface area contributed by atoms with E-state index in [0.29, 0.717) is 0 Å². The number of nitrogens with zero attached hydrogens (tertiary/aromatic N) is 1. The Morgan fingerprint density at radius 3 is 1.67 bits per heavy atom. The lowest BCUT2D eigenvalue weighted by Gasteiger charge is -2.31. The van der Waals surface area contributed by atoms with Crippen LogP contribution in [0.3, 0.4) is 0 Å². The maximum atomic E-state index is 9.09. The fraction of sp³-hybridized carbons (Fsp3) is 1.00. The molecule has 0 heterocycles. The molecular weight excluding hydrogens is 182 g/mol. The summed E-state index contributed by atoms with van der Waals surface area (Å²) in [5.41, 5.74) is 0. The summed E-state index contributed by atoms with van der Waals surface area (Å²) in [7, 11) is 6.10. The first-order chi connectivity index (χ1) is 3.85. The van der Waals surface area contributed by atoms with Gasteiger partial charge in [0.25, 0.3) is 0 Å². The van der Waals surface area contributed by atoms with Gasteiger partial charge in [0.15, 0.2) is 4.95 Å². The van der Waals surface area contributed by atoms with Crippen LogP contribution in [0.25, 0.3) is 0 Å². The van der Waals surface area contributed by atoms with Crippen LogP contribution in [0.4, 0.5) is 0 Å². The zero-order valence-electron chi connectivity index (χ0n) is 6.43. The summed E-state index contributed by atoms with van der Waals surface area (Å²) < 4.78 is 0.734. The molecule has 9 heavy (non-hydrogen) atoms. The van der Waals surface area contributed by atoms with Crippen molar-refractivity contribution in [1.29, 1.82) is 0 Å². The molecule has 56 valence electrons. The monoisotopic (exact) mass is 196 g/mol. The maximum Gasteiger partial charge on any atom is 0.169 e. The summed E-state index contributed by atoms with van der Waals surface area (Å²) >= 11 is 3.38. The molecule has 3 heteroatoms. The van der Waals surface area contributed by atoms with E-state index in [2.05, 4.69) is 15.9 Å². The van der Waals surface area contributed by atoms with E-state index in [1.807, 2.05) is 21.1 Å². The molecule has 1 N–H and O–H groups in total. The summed E-state index contributed by atoms with van der Waals surface area (Å²) in [6, 6.07) is 0. The van der Waals surface area contributed by atoms with Crippen molar-refractivity contribution in [2.45, 2.75) is 18.0 Å². The molecule has 0 radical (unpaired) electrons. The van der Waals surface area contributed by atoms with E-state index in [0.717, 1.165) is 4.48 Å². The summed E-state index contributed by atoms with van der Waals surface area (Å²) in [4.78, 5) is 0.123. The van der Waals surface area contributed by atoms with E-state index in [-0.39, 0.29) is 11.1 Å². The second-order valence-electron chi connectivity index (χ2n) is 3.23. The van der Waals surface area contributed by atoms with Crippen molar-refractivity contribution in [3.05, 3.63) is 0 Å². The summed E-state index contributed by atoms with van der Waals surface area (Å²) in [5.74, 6) is 0. The summed E-state index contributed by atoms with van der Waals surface area (Å²) in [6.07, 6.45) is -0.301. The lowest BCUT2D eigenvalue weighted by atomic mass is 10.3. The molecule has 0 spiro atoms. The Morgan fingerprint density at radius 2 is 1.67 bits per heavy atom.